The minimum absolute atomic E-state index is 0.0325. The number of aliphatic hydroxyl groups is 1. The Morgan fingerprint density at radius 3 is 2.30 bits per heavy atom. The minimum atomic E-state index is -3.52. The lowest BCUT2D eigenvalue weighted by atomic mass is 9.82. The molecule has 1 aromatic carbocycles. The molecule has 7 nitrogen and oxygen atoms in total. The van der Waals surface area contributed by atoms with Crippen LogP contribution in [0.3, 0.4) is 0 Å². The van der Waals surface area contributed by atoms with Gasteiger partial charge in [0.25, 0.3) is 0 Å². The van der Waals surface area contributed by atoms with Crippen LogP contribution in [-0.2, 0) is 28.8 Å². The first-order valence-corrected chi connectivity index (χ1v) is 19.3. The van der Waals surface area contributed by atoms with Gasteiger partial charge in [0, 0.05) is 25.4 Å². The Labute approximate surface area is 278 Å². The molecular weight excluding hydrogens is 600 g/mol. The number of sulfone groups is 1. The van der Waals surface area contributed by atoms with Gasteiger partial charge in [0.15, 0.2) is 9.84 Å². The molecule has 10 atom stereocenters. The van der Waals surface area contributed by atoms with E-state index < -0.39 is 9.84 Å². The molecule has 4 fully saturated rings. The van der Waals surface area contributed by atoms with Crippen molar-refractivity contribution in [3.63, 3.8) is 0 Å². The summed E-state index contributed by atoms with van der Waals surface area (Å²) in [6.45, 7) is 19.5. The summed E-state index contributed by atoms with van der Waals surface area (Å²) in [5.41, 5.74) is 3.12. The maximum atomic E-state index is 13.7. The molecule has 4 heterocycles. The van der Waals surface area contributed by atoms with Gasteiger partial charge in [-0.3, -0.25) is 0 Å². The normalized spacial score (nSPS) is 36.5. The highest BCUT2D eigenvalue weighted by Crippen LogP contribution is 2.44. The van der Waals surface area contributed by atoms with E-state index >= 15 is 0 Å². The highest BCUT2D eigenvalue weighted by atomic mass is 32.2. The Balaban J connectivity index is 1.27. The number of ether oxygens (including phenoxy) is 4. The second kappa shape index (κ2) is 14.9. The first-order valence-electron chi connectivity index (χ1n) is 17.7. The predicted octanol–water partition coefficient (Wildman–Crippen LogP) is 7.14. The molecule has 46 heavy (non-hydrogen) atoms. The van der Waals surface area contributed by atoms with Crippen LogP contribution in [0.5, 0.6) is 0 Å². The fraction of sp³-hybridized carbons (Fsp3) is 0.737. The highest BCUT2D eigenvalue weighted by molar-refractivity contribution is 7.91. The van der Waals surface area contributed by atoms with Crippen molar-refractivity contribution in [2.45, 2.75) is 152 Å². The molecule has 3 unspecified atom stereocenters. The average molecular weight is 659 g/mol. The molecule has 1 N–H and O–H groups in total. The van der Waals surface area contributed by atoms with Gasteiger partial charge in [0.05, 0.1) is 59.0 Å². The second-order valence-corrected chi connectivity index (χ2v) is 17.4. The molecule has 0 radical (unpaired) electrons. The zero-order valence-electron chi connectivity index (χ0n) is 28.8. The smallest absolute Gasteiger partial charge is 0.178 e. The van der Waals surface area contributed by atoms with E-state index in [1.165, 1.54) is 0 Å². The summed E-state index contributed by atoms with van der Waals surface area (Å²) < 4.78 is 53.7. The lowest BCUT2D eigenvalue weighted by molar-refractivity contribution is -0.0810. The summed E-state index contributed by atoms with van der Waals surface area (Å²) in [6.07, 6.45) is 8.34. The third kappa shape index (κ3) is 8.72. The van der Waals surface area contributed by atoms with Crippen LogP contribution in [0, 0.1) is 24.7 Å². The van der Waals surface area contributed by atoms with Crippen molar-refractivity contribution in [1.82, 2.24) is 0 Å². The zero-order chi connectivity index (χ0) is 33.2. The molecule has 1 aromatic rings. The molecule has 0 aromatic heterocycles. The Hall–Kier alpha value is -1.55. The molecule has 0 bridgehead atoms. The summed E-state index contributed by atoms with van der Waals surface area (Å²) in [4.78, 5) is 0.370. The van der Waals surface area contributed by atoms with Gasteiger partial charge < -0.3 is 24.1 Å². The lowest BCUT2D eigenvalue weighted by Gasteiger charge is -2.38. The predicted molar refractivity (Wildman–Crippen MR) is 182 cm³/mol. The van der Waals surface area contributed by atoms with Crippen LogP contribution in [0.2, 0.25) is 0 Å². The topological polar surface area (TPSA) is 91.3 Å². The number of rotatable bonds is 13. The van der Waals surface area contributed by atoms with Crippen molar-refractivity contribution in [2.24, 2.45) is 17.8 Å². The van der Waals surface area contributed by atoms with Gasteiger partial charge in [-0.15, -0.1) is 0 Å². The third-order valence-electron chi connectivity index (χ3n) is 11.1. The van der Waals surface area contributed by atoms with Gasteiger partial charge in [-0.05, 0) is 107 Å². The number of aryl methyl sites for hydroxylation is 1. The Morgan fingerprint density at radius 2 is 1.63 bits per heavy atom. The maximum Gasteiger partial charge on any atom is 0.178 e. The van der Waals surface area contributed by atoms with Crippen LogP contribution in [0.1, 0.15) is 97.5 Å². The van der Waals surface area contributed by atoms with E-state index in [-0.39, 0.29) is 72.5 Å². The summed E-state index contributed by atoms with van der Waals surface area (Å²) in [5, 5.41) is 9.20. The Kier molecular flexibility index (Phi) is 11.6. The lowest BCUT2D eigenvalue weighted by Crippen LogP contribution is -2.38. The molecule has 0 aliphatic carbocycles. The molecule has 4 saturated heterocycles. The van der Waals surface area contributed by atoms with Crippen LogP contribution < -0.4 is 0 Å². The molecule has 0 spiro atoms. The SMILES string of the molecule is C=C1C[C@H](CCCO)OC1CC[C@H]1C[C@@H](C)C(=C)C(C[C@@H]2OC(C[C@H]3CCC(C)(C)O3)[C@H](C)[C@H]2CS(=O)(=O)c2ccc(C)cc2)O1. The van der Waals surface area contributed by atoms with Crippen molar-refractivity contribution in [1.29, 1.82) is 0 Å². The van der Waals surface area contributed by atoms with Crippen LogP contribution in [0.4, 0.5) is 0 Å². The molecule has 0 saturated carbocycles. The fourth-order valence-electron chi connectivity index (χ4n) is 8.16. The van der Waals surface area contributed by atoms with E-state index in [2.05, 4.69) is 40.9 Å². The monoisotopic (exact) mass is 658 g/mol. The van der Waals surface area contributed by atoms with Crippen LogP contribution in [0.15, 0.2) is 53.5 Å². The van der Waals surface area contributed by atoms with Crippen molar-refractivity contribution in [3.8, 4) is 0 Å². The van der Waals surface area contributed by atoms with Crippen molar-refractivity contribution < 1.29 is 32.5 Å². The molecule has 4 aliphatic heterocycles. The standard InChI is InChI=1S/C38H58O7S/c1-24-10-13-32(14-11-24)46(40,41)23-33-28(5)35(21-31-16-17-38(6,7)45-31)44-37(33)22-36-27(4)25(2)19-30(43-36)12-15-34-26(3)20-29(42-34)9-8-18-39/h10-11,13-14,25,28-31,33-37,39H,3-4,8-9,12,15-23H2,1-2,5-7H3/t25-,28-,29+,30+,31-,33-,34?,35?,36?,37+/m1/s1. The first-order chi connectivity index (χ1) is 21.7. The zero-order valence-corrected chi connectivity index (χ0v) is 29.6. The number of hydrogen-bond acceptors (Lipinski definition) is 7. The molecule has 0 amide bonds. The van der Waals surface area contributed by atoms with E-state index in [1.54, 1.807) is 12.1 Å². The van der Waals surface area contributed by atoms with Crippen LogP contribution >= 0.6 is 0 Å². The average Bonchev–Trinajstić information content (AvgIpc) is 3.63. The number of benzene rings is 1. The van der Waals surface area contributed by atoms with E-state index in [4.69, 9.17) is 18.9 Å². The van der Waals surface area contributed by atoms with E-state index in [0.717, 1.165) is 74.5 Å². The van der Waals surface area contributed by atoms with Crippen molar-refractivity contribution in [3.05, 3.63) is 54.1 Å². The van der Waals surface area contributed by atoms with E-state index in [1.807, 2.05) is 19.1 Å². The van der Waals surface area contributed by atoms with Gasteiger partial charge >= 0.3 is 0 Å². The highest BCUT2D eigenvalue weighted by Gasteiger charge is 2.47. The molecule has 258 valence electrons. The molecular formula is C38H58O7S. The van der Waals surface area contributed by atoms with Crippen LogP contribution in [0.25, 0.3) is 0 Å². The summed E-state index contributed by atoms with van der Waals surface area (Å²) in [6, 6.07) is 7.18. The fourth-order valence-corrected chi connectivity index (χ4v) is 9.93. The Bertz CT molecular complexity index is 1300. The maximum absolute atomic E-state index is 13.7. The Morgan fingerprint density at radius 1 is 0.913 bits per heavy atom. The van der Waals surface area contributed by atoms with Crippen molar-refractivity contribution >= 4 is 9.84 Å². The van der Waals surface area contributed by atoms with Crippen molar-refractivity contribution in [2.75, 3.05) is 12.4 Å². The molecule has 8 heteroatoms. The molecule has 5 rings (SSSR count). The quantitative estimate of drug-likeness (QED) is 0.225. The first kappa shape index (κ1) is 35.7. The van der Waals surface area contributed by atoms with E-state index in [0.29, 0.717) is 17.2 Å². The summed E-state index contributed by atoms with van der Waals surface area (Å²) in [5.74, 6) is 0.245. The van der Waals surface area contributed by atoms with Gasteiger partial charge in [0.2, 0.25) is 0 Å². The van der Waals surface area contributed by atoms with E-state index in [9.17, 15) is 13.5 Å². The molecule has 4 aliphatic rings. The summed E-state index contributed by atoms with van der Waals surface area (Å²) >= 11 is 0. The second-order valence-electron chi connectivity index (χ2n) is 15.4. The minimum Gasteiger partial charge on any atom is -0.396 e. The number of aliphatic hydroxyl groups excluding tert-OH is 1. The summed E-state index contributed by atoms with van der Waals surface area (Å²) in [7, 11) is -3.52. The van der Waals surface area contributed by atoms with Crippen LogP contribution in [-0.4, -0.2) is 74.2 Å². The van der Waals surface area contributed by atoms with Gasteiger partial charge in [-0.25, -0.2) is 8.42 Å². The van der Waals surface area contributed by atoms with Gasteiger partial charge in [0.1, 0.15) is 0 Å². The largest absolute Gasteiger partial charge is 0.396 e. The third-order valence-corrected chi connectivity index (χ3v) is 12.9. The number of hydrogen-bond donors (Lipinski definition) is 1. The van der Waals surface area contributed by atoms with Gasteiger partial charge in [-0.2, -0.15) is 0 Å². The van der Waals surface area contributed by atoms with Gasteiger partial charge in [-0.1, -0.05) is 44.7 Å².